The highest BCUT2D eigenvalue weighted by Crippen LogP contribution is 2.37. The molecule has 0 atom stereocenters. The Morgan fingerprint density at radius 1 is 1.25 bits per heavy atom. The zero-order valence-electron chi connectivity index (χ0n) is 13.6. The molecule has 3 rings (SSSR count). The highest BCUT2D eigenvalue weighted by molar-refractivity contribution is 7.98. The number of thioether (sulfide) groups is 1. The number of hydrogen-bond acceptors (Lipinski definition) is 4. The van der Waals surface area contributed by atoms with Crippen molar-refractivity contribution in [2.24, 2.45) is 0 Å². The number of halogens is 1. The lowest BCUT2D eigenvalue weighted by molar-refractivity contribution is 0.387. The second-order valence-electron chi connectivity index (χ2n) is 5.78. The van der Waals surface area contributed by atoms with Crippen molar-refractivity contribution in [1.29, 1.82) is 5.26 Å². The minimum atomic E-state index is 0.355. The molecular weight excluding hydrogens is 340 g/mol. The maximum Gasteiger partial charge on any atom is 0.218 e. The molecule has 1 aromatic carbocycles. The van der Waals surface area contributed by atoms with Gasteiger partial charge in [0.2, 0.25) is 5.88 Å². The molecular formula is C19H19ClN2OS. The zero-order valence-corrected chi connectivity index (χ0v) is 15.2. The van der Waals surface area contributed by atoms with Crippen LogP contribution in [-0.2, 0) is 25.0 Å². The normalized spacial score (nSPS) is 13.2. The van der Waals surface area contributed by atoms with Gasteiger partial charge in [-0.3, -0.25) is 0 Å². The number of fused-ring (bicyclic) bond motifs is 1. The van der Waals surface area contributed by atoms with Gasteiger partial charge in [0.1, 0.15) is 5.03 Å². The van der Waals surface area contributed by atoms with Crippen LogP contribution in [0.2, 0.25) is 5.02 Å². The Balaban J connectivity index is 1.95. The number of benzene rings is 1. The lowest BCUT2D eigenvalue weighted by atomic mass is 9.89. The highest BCUT2D eigenvalue weighted by Gasteiger charge is 2.22. The molecule has 1 aliphatic rings. The summed E-state index contributed by atoms with van der Waals surface area (Å²) in [5.41, 5.74) is 4.65. The average Bonchev–Trinajstić information content (AvgIpc) is 2.62. The molecule has 1 heterocycles. The van der Waals surface area contributed by atoms with Crippen molar-refractivity contribution in [2.45, 2.75) is 42.9 Å². The van der Waals surface area contributed by atoms with Gasteiger partial charge in [0, 0.05) is 16.3 Å². The maximum atomic E-state index is 9.14. The van der Waals surface area contributed by atoms with E-state index in [0.29, 0.717) is 12.3 Å². The quantitative estimate of drug-likeness (QED) is 0.707. The summed E-state index contributed by atoms with van der Waals surface area (Å²) in [6.07, 6.45) is 4.72. The molecule has 1 aromatic heterocycles. The summed E-state index contributed by atoms with van der Waals surface area (Å²) in [5.74, 6) is 1.37. The summed E-state index contributed by atoms with van der Waals surface area (Å²) in [5, 5.41) is 10.9. The van der Waals surface area contributed by atoms with Crippen molar-refractivity contribution in [2.75, 3.05) is 7.11 Å². The highest BCUT2D eigenvalue weighted by atomic mass is 35.5. The summed E-state index contributed by atoms with van der Waals surface area (Å²) in [7, 11) is 1.63. The fraction of sp³-hybridized carbons (Fsp3) is 0.368. The molecule has 0 radical (unpaired) electrons. The van der Waals surface area contributed by atoms with Crippen LogP contribution in [0.3, 0.4) is 0 Å². The average molecular weight is 359 g/mol. The first-order valence-electron chi connectivity index (χ1n) is 8.06. The van der Waals surface area contributed by atoms with Crippen molar-refractivity contribution in [3.8, 4) is 11.9 Å². The van der Waals surface area contributed by atoms with Crippen LogP contribution in [0.1, 0.15) is 35.1 Å². The molecule has 0 N–H and O–H groups in total. The number of pyridine rings is 1. The van der Waals surface area contributed by atoms with E-state index in [1.807, 2.05) is 24.3 Å². The van der Waals surface area contributed by atoms with E-state index in [4.69, 9.17) is 26.6 Å². The van der Waals surface area contributed by atoms with Crippen LogP contribution in [-0.4, -0.2) is 12.1 Å². The molecule has 2 aromatic rings. The summed E-state index contributed by atoms with van der Waals surface area (Å²) >= 11 is 7.96. The molecule has 0 unspecified atom stereocenters. The molecule has 0 saturated carbocycles. The number of rotatable bonds is 5. The van der Waals surface area contributed by atoms with Crippen molar-refractivity contribution >= 4 is 23.4 Å². The number of nitriles is 1. The number of nitrogens with zero attached hydrogens (tertiary/aromatic N) is 2. The van der Waals surface area contributed by atoms with Gasteiger partial charge in [-0.15, -0.1) is 11.8 Å². The van der Waals surface area contributed by atoms with Crippen LogP contribution in [0, 0.1) is 11.3 Å². The van der Waals surface area contributed by atoms with Crippen LogP contribution in [0.5, 0.6) is 5.88 Å². The van der Waals surface area contributed by atoms with Gasteiger partial charge in [-0.05, 0) is 48.4 Å². The summed E-state index contributed by atoms with van der Waals surface area (Å²) < 4.78 is 5.48. The Hall–Kier alpha value is -1.70. The van der Waals surface area contributed by atoms with Crippen molar-refractivity contribution in [3.63, 3.8) is 0 Å². The lowest BCUT2D eigenvalue weighted by Gasteiger charge is -2.23. The minimum absolute atomic E-state index is 0.355. The Labute approximate surface area is 152 Å². The topological polar surface area (TPSA) is 45.9 Å². The molecule has 3 nitrogen and oxygen atoms in total. The van der Waals surface area contributed by atoms with Gasteiger partial charge in [-0.1, -0.05) is 29.8 Å². The van der Waals surface area contributed by atoms with E-state index in [-0.39, 0.29) is 0 Å². The predicted octanol–water partition coefficient (Wildman–Crippen LogP) is 4.98. The lowest BCUT2D eigenvalue weighted by Crippen LogP contribution is -2.11. The standard InChI is InChI=1S/C19H19ClN2OS/c1-23-18-15(10-11-21)14-7-3-4-8-16(14)19(22-18)24-12-13-6-2-5-9-17(13)20/h2,5-6,9H,3-4,7-8,10,12H2,1H3. The minimum Gasteiger partial charge on any atom is -0.481 e. The SMILES string of the molecule is COc1nc(SCc2ccccc2Cl)c2c(c1CC#N)CCCC2. The Bertz CT molecular complexity index is 786. The third-order valence-corrected chi connectivity index (χ3v) is 5.76. The van der Waals surface area contributed by atoms with Crippen LogP contribution < -0.4 is 4.74 Å². The van der Waals surface area contributed by atoms with Crippen LogP contribution in [0.15, 0.2) is 29.3 Å². The van der Waals surface area contributed by atoms with E-state index in [1.54, 1.807) is 18.9 Å². The Morgan fingerprint density at radius 3 is 2.71 bits per heavy atom. The second-order valence-corrected chi connectivity index (χ2v) is 7.16. The number of methoxy groups -OCH3 is 1. The Kier molecular flexibility index (Phi) is 5.65. The first kappa shape index (κ1) is 17.1. The van der Waals surface area contributed by atoms with Gasteiger partial charge in [-0.2, -0.15) is 5.26 Å². The molecule has 124 valence electrons. The fourth-order valence-electron chi connectivity index (χ4n) is 3.14. The van der Waals surface area contributed by atoms with Crippen LogP contribution in [0.25, 0.3) is 0 Å². The Morgan fingerprint density at radius 2 is 2.00 bits per heavy atom. The smallest absolute Gasteiger partial charge is 0.218 e. The van der Waals surface area contributed by atoms with E-state index < -0.39 is 0 Å². The van der Waals surface area contributed by atoms with E-state index in [9.17, 15) is 0 Å². The van der Waals surface area contributed by atoms with Crippen LogP contribution >= 0.6 is 23.4 Å². The first-order chi connectivity index (χ1) is 11.7. The van der Waals surface area contributed by atoms with Gasteiger partial charge >= 0.3 is 0 Å². The molecule has 0 fully saturated rings. The molecule has 5 heteroatoms. The summed E-state index contributed by atoms with van der Waals surface area (Å²) in [6, 6.07) is 10.1. The van der Waals surface area contributed by atoms with E-state index in [0.717, 1.165) is 46.2 Å². The third-order valence-electron chi connectivity index (χ3n) is 4.32. The van der Waals surface area contributed by atoms with E-state index in [2.05, 4.69) is 6.07 Å². The van der Waals surface area contributed by atoms with Crippen molar-refractivity contribution in [1.82, 2.24) is 4.98 Å². The number of ether oxygens (including phenoxy) is 1. The van der Waals surface area contributed by atoms with E-state index >= 15 is 0 Å². The second kappa shape index (κ2) is 7.92. The summed E-state index contributed by atoms with van der Waals surface area (Å²) in [4.78, 5) is 4.71. The van der Waals surface area contributed by atoms with Gasteiger partial charge < -0.3 is 4.74 Å². The maximum absolute atomic E-state index is 9.14. The summed E-state index contributed by atoms with van der Waals surface area (Å²) in [6.45, 7) is 0. The number of hydrogen-bond donors (Lipinski definition) is 0. The van der Waals surface area contributed by atoms with Gasteiger partial charge in [0.15, 0.2) is 0 Å². The molecule has 1 aliphatic carbocycles. The van der Waals surface area contributed by atoms with E-state index in [1.165, 1.54) is 17.5 Å². The molecule has 0 amide bonds. The van der Waals surface area contributed by atoms with Gasteiger partial charge in [0.05, 0.1) is 19.6 Å². The molecule has 0 spiro atoms. The predicted molar refractivity (Wildman–Crippen MR) is 97.8 cm³/mol. The fourth-order valence-corrected chi connectivity index (χ4v) is 4.51. The van der Waals surface area contributed by atoms with Crippen molar-refractivity contribution in [3.05, 3.63) is 51.5 Å². The van der Waals surface area contributed by atoms with Crippen molar-refractivity contribution < 1.29 is 4.74 Å². The zero-order chi connectivity index (χ0) is 16.9. The molecule has 0 saturated heterocycles. The van der Waals surface area contributed by atoms with Gasteiger partial charge in [0.25, 0.3) is 0 Å². The van der Waals surface area contributed by atoms with Crippen LogP contribution in [0.4, 0.5) is 0 Å². The monoisotopic (exact) mass is 358 g/mol. The van der Waals surface area contributed by atoms with Gasteiger partial charge in [-0.25, -0.2) is 4.98 Å². The third kappa shape index (κ3) is 3.53. The molecule has 0 aliphatic heterocycles. The molecule has 0 bridgehead atoms. The largest absolute Gasteiger partial charge is 0.481 e. The first-order valence-corrected chi connectivity index (χ1v) is 9.42. The number of aromatic nitrogens is 1. The molecule has 24 heavy (non-hydrogen) atoms.